The highest BCUT2D eigenvalue weighted by Crippen LogP contribution is 2.22. The average molecular weight is 363 g/mol. The number of hydrogen-bond donors (Lipinski definition) is 3. The van der Waals surface area contributed by atoms with Crippen LogP contribution in [0.15, 0.2) is 53.6 Å². The Morgan fingerprint density at radius 2 is 1.96 bits per heavy atom. The van der Waals surface area contributed by atoms with Gasteiger partial charge in [0, 0.05) is 16.6 Å². The number of nitrogens with zero attached hydrogens (tertiary/aromatic N) is 1. The Kier molecular flexibility index (Phi) is 5.48. The number of nitrogens with one attached hydrogen (secondary N) is 3. The summed E-state index contributed by atoms with van der Waals surface area (Å²) in [6.45, 7) is 0. The van der Waals surface area contributed by atoms with E-state index in [0.717, 1.165) is 5.56 Å². The zero-order valence-corrected chi connectivity index (χ0v) is 14.2. The SMILES string of the molecule is O=C(N/N=C/c1ccc(Cl)cc1Cl)C1CC(c2ccccc2)NN1. The molecule has 1 heterocycles. The lowest BCUT2D eigenvalue weighted by atomic mass is 10.0. The molecule has 7 heteroatoms. The predicted molar refractivity (Wildman–Crippen MR) is 96.1 cm³/mol. The molecule has 0 aliphatic carbocycles. The summed E-state index contributed by atoms with van der Waals surface area (Å²) in [6.07, 6.45) is 2.14. The van der Waals surface area contributed by atoms with Crippen molar-refractivity contribution in [2.75, 3.05) is 0 Å². The van der Waals surface area contributed by atoms with Crippen LogP contribution in [0.4, 0.5) is 0 Å². The second kappa shape index (κ2) is 7.77. The van der Waals surface area contributed by atoms with E-state index in [1.807, 2.05) is 30.3 Å². The van der Waals surface area contributed by atoms with Crippen LogP contribution in [0.25, 0.3) is 0 Å². The van der Waals surface area contributed by atoms with Gasteiger partial charge in [0.25, 0.3) is 5.91 Å². The lowest BCUT2D eigenvalue weighted by Gasteiger charge is -2.08. The Hall–Kier alpha value is -1.92. The fraction of sp³-hybridized carbons (Fsp3) is 0.176. The molecule has 3 rings (SSSR count). The van der Waals surface area contributed by atoms with Crippen molar-refractivity contribution >= 4 is 35.3 Å². The number of benzene rings is 2. The van der Waals surface area contributed by atoms with Crippen LogP contribution in [0.5, 0.6) is 0 Å². The van der Waals surface area contributed by atoms with E-state index >= 15 is 0 Å². The molecule has 2 unspecified atom stereocenters. The molecule has 0 saturated carbocycles. The van der Waals surface area contributed by atoms with Crippen molar-refractivity contribution in [1.29, 1.82) is 0 Å². The van der Waals surface area contributed by atoms with Gasteiger partial charge in [0.1, 0.15) is 6.04 Å². The highest BCUT2D eigenvalue weighted by Gasteiger charge is 2.29. The molecule has 2 aromatic rings. The second-order valence-corrected chi connectivity index (χ2v) is 6.28. The number of carbonyl (C=O) groups excluding carboxylic acids is 1. The summed E-state index contributed by atoms with van der Waals surface area (Å²) >= 11 is 11.9. The van der Waals surface area contributed by atoms with Crippen molar-refractivity contribution < 1.29 is 4.79 Å². The van der Waals surface area contributed by atoms with Crippen LogP contribution in [-0.4, -0.2) is 18.2 Å². The van der Waals surface area contributed by atoms with Crippen LogP contribution in [0, 0.1) is 0 Å². The molecule has 2 aromatic carbocycles. The van der Waals surface area contributed by atoms with E-state index in [0.29, 0.717) is 22.0 Å². The lowest BCUT2D eigenvalue weighted by molar-refractivity contribution is -0.122. The quantitative estimate of drug-likeness (QED) is 0.578. The Morgan fingerprint density at radius 3 is 2.71 bits per heavy atom. The molecule has 0 bridgehead atoms. The van der Waals surface area contributed by atoms with Crippen LogP contribution < -0.4 is 16.3 Å². The molecular formula is C17H16Cl2N4O. The molecule has 2 atom stereocenters. The standard InChI is InChI=1S/C17H16Cl2N4O/c18-13-7-6-12(14(19)8-13)10-20-23-17(24)16-9-15(21-22-16)11-4-2-1-3-5-11/h1-8,10,15-16,21-22H,9H2,(H,23,24)/b20-10+. The Morgan fingerprint density at radius 1 is 1.17 bits per heavy atom. The number of hydrogen-bond acceptors (Lipinski definition) is 4. The summed E-state index contributed by atoms with van der Waals surface area (Å²) in [6, 6.07) is 14.8. The monoisotopic (exact) mass is 362 g/mol. The van der Waals surface area contributed by atoms with Gasteiger partial charge >= 0.3 is 0 Å². The smallest absolute Gasteiger partial charge is 0.258 e. The zero-order valence-electron chi connectivity index (χ0n) is 12.7. The number of rotatable bonds is 4. The summed E-state index contributed by atoms with van der Waals surface area (Å²) in [5.74, 6) is -0.206. The first-order valence-electron chi connectivity index (χ1n) is 7.47. The molecule has 124 valence electrons. The lowest BCUT2D eigenvalue weighted by Crippen LogP contribution is -2.41. The van der Waals surface area contributed by atoms with Gasteiger partial charge in [-0.05, 0) is 24.1 Å². The summed E-state index contributed by atoms with van der Waals surface area (Å²) in [5.41, 5.74) is 10.5. The summed E-state index contributed by atoms with van der Waals surface area (Å²) in [5, 5.41) is 4.98. The highest BCUT2D eigenvalue weighted by molar-refractivity contribution is 6.36. The van der Waals surface area contributed by atoms with Crippen molar-refractivity contribution in [1.82, 2.24) is 16.3 Å². The molecule has 3 N–H and O–H groups in total. The fourth-order valence-electron chi connectivity index (χ4n) is 2.48. The van der Waals surface area contributed by atoms with Crippen molar-refractivity contribution in [3.63, 3.8) is 0 Å². The first kappa shape index (κ1) is 16.9. The molecule has 0 radical (unpaired) electrons. The van der Waals surface area contributed by atoms with Crippen molar-refractivity contribution in [3.05, 3.63) is 69.7 Å². The van der Waals surface area contributed by atoms with E-state index in [9.17, 15) is 4.79 Å². The van der Waals surface area contributed by atoms with Crippen LogP contribution >= 0.6 is 23.2 Å². The number of hydrazone groups is 1. The normalized spacial score (nSPS) is 20.4. The molecule has 1 aliphatic rings. The average Bonchev–Trinajstić information content (AvgIpc) is 3.08. The van der Waals surface area contributed by atoms with Gasteiger partial charge in [-0.15, -0.1) is 0 Å². The van der Waals surface area contributed by atoms with Crippen molar-refractivity contribution in [2.24, 2.45) is 5.10 Å². The van der Waals surface area contributed by atoms with Gasteiger partial charge in [-0.25, -0.2) is 16.3 Å². The molecular weight excluding hydrogens is 347 g/mol. The maximum absolute atomic E-state index is 12.2. The van der Waals surface area contributed by atoms with Crippen LogP contribution in [0.3, 0.4) is 0 Å². The number of carbonyl (C=O) groups is 1. The zero-order chi connectivity index (χ0) is 16.9. The molecule has 1 aliphatic heterocycles. The largest absolute Gasteiger partial charge is 0.271 e. The molecule has 1 saturated heterocycles. The molecule has 0 aromatic heterocycles. The molecule has 1 fully saturated rings. The minimum absolute atomic E-state index is 0.0941. The van der Waals surface area contributed by atoms with E-state index in [4.69, 9.17) is 23.2 Å². The van der Waals surface area contributed by atoms with Gasteiger partial charge in [0.2, 0.25) is 0 Å². The maximum atomic E-state index is 12.2. The molecule has 24 heavy (non-hydrogen) atoms. The van der Waals surface area contributed by atoms with Gasteiger partial charge in [0.05, 0.1) is 11.2 Å². The topological polar surface area (TPSA) is 65.5 Å². The summed E-state index contributed by atoms with van der Waals surface area (Å²) < 4.78 is 0. The second-order valence-electron chi connectivity index (χ2n) is 5.44. The minimum Gasteiger partial charge on any atom is -0.271 e. The van der Waals surface area contributed by atoms with Gasteiger partial charge in [-0.2, -0.15) is 5.10 Å². The number of halogens is 2. The molecule has 5 nitrogen and oxygen atoms in total. The summed E-state index contributed by atoms with van der Waals surface area (Å²) in [4.78, 5) is 12.2. The van der Waals surface area contributed by atoms with E-state index < -0.39 is 0 Å². The number of amides is 1. The molecule has 1 amide bonds. The van der Waals surface area contributed by atoms with Gasteiger partial charge in [-0.3, -0.25) is 4.79 Å². The van der Waals surface area contributed by atoms with E-state index in [1.165, 1.54) is 6.21 Å². The fourth-order valence-corrected chi connectivity index (χ4v) is 2.94. The van der Waals surface area contributed by atoms with Gasteiger partial charge < -0.3 is 0 Å². The Balaban J connectivity index is 1.55. The maximum Gasteiger partial charge on any atom is 0.258 e. The van der Waals surface area contributed by atoms with E-state index in [-0.39, 0.29) is 18.0 Å². The van der Waals surface area contributed by atoms with Crippen LogP contribution in [0.2, 0.25) is 10.0 Å². The van der Waals surface area contributed by atoms with Gasteiger partial charge in [-0.1, -0.05) is 59.6 Å². The third kappa shape index (κ3) is 4.13. The third-order valence-corrected chi connectivity index (χ3v) is 4.32. The number of hydrazine groups is 1. The van der Waals surface area contributed by atoms with Crippen molar-refractivity contribution in [2.45, 2.75) is 18.5 Å². The Labute approximate surface area is 150 Å². The summed E-state index contributed by atoms with van der Waals surface area (Å²) in [7, 11) is 0. The van der Waals surface area contributed by atoms with E-state index in [1.54, 1.807) is 18.2 Å². The first-order valence-corrected chi connectivity index (χ1v) is 8.23. The van der Waals surface area contributed by atoms with Crippen LogP contribution in [0.1, 0.15) is 23.6 Å². The van der Waals surface area contributed by atoms with Crippen molar-refractivity contribution in [3.8, 4) is 0 Å². The van der Waals surface area contributed by atoms with E-state index in [2.05, 4.69) is 21.4 Å². The van der Waals surface area contributed by atoms with Crippen LogP contribution in [-0.2, 0) is 4.79 Å². The Bertz CT molecular complexity index is 752. The molecule has 0 spiro atoms. The van der Waals surface area contributed by atoms with Gasteiger partial charge in [0.15, 0.2) is 0 Å². The predicted octanol–water partition coefficient (Wildman–Crippen LogP) is 3.05. The first-order chi connectivity index (χ1) is 11.6. The minimum atomic E-state index is -0.354. The highest BCUT2D eigenvalue weighted by atomic mass is 35.5. The third-order valence-electron chi connectivity index (χ3n) is 3.76.